The largest absolute Gasteiger partial charge is 0.339 e. The van der Waals surface area contributed by atoms with Crippen LogP contribution in [0.1, 0.15) is 30.1 Å². The maximum atomic E-state index is 13.1. The molecule has 6 heteroatoms. The van der Waals surface area contributed by atoms with Crippen molar-refractivity contribution in [2.75, 3.05) is 18.4 Å². The molecule has 1 aliphatic rings. The van der Waals surface area contributed by atoms with Crippen LogP contribution >= 0.6 is 11.6 Å². The van der Waals surface area contributed by atoms with Gasteiger partial charge in [0.1, 0.15) is 0 Å². The van der Waals surface area contributed by atoms with E-state index in [2.05, 4.69) is 10.3 Å². The quantitative estimate of drug-likeness (QED) is 0.643. The third-order valence-corrected chi connectivity index (χ3v) is 6.19. The molecule has 1 fully saturated rings. The average molecular weight is 422 g/mol. The van der Waals surface area contributed by atoms with Crippen molar-refractivity contribution in [1.29, 1.82) is 0 Å². The Bertz CT molecular complexity index is 1050. The van der Waals surface area contributed by atoms with E-state index >= 15 is 0 Å². The Kier molecular flexibility index (Phi) is 6.00. The lowest BCUT2D eigenvalue weighted by Crippen LogP contribution is -2.41. The van der Waals surface area contributed by atoms with E-state index in [-0.39, 0.29) is 23.7 Å². The van der Waals surface area contributed by atoms with Gasteiger partial charge in [-0.1, -0.05) is 36.7 Å². The lowest BCUT2D eigenvalue weighted by molar-refractivity contribution is -0.121. The minimum absolute atomic E-state index is 0.00206. The summed E-state index contributed by atoms with van der Waals surface area (Å²) in [6.07, 6.45) is 3.30. The van der Waals surface area contributed by atoms with Gasteiger partial charge in [0.15, 0.2) is 0 Å². The predicted octanol–water partition coefficient (Wildman–Crippen LogP) is 5.02. The molecule has 0 aliphatic carbocycles. The third-order valence-electron chi connectivity index (χ3n) is 5.94. The number of amides is 2. The van der Waals surface area contributed by atoms with Crippen molar-refractivity contribution in [2.45, 2.75) is 19.8 Å². The fourth-order valence-electron chi connectivity index (χ4n) is 4.06. The summed E-state index contributed by atoms with van der Waals surface area (Å²) in [5, 5.41) is 4.48. The lowest BCUT2D eigenvalue weighted by atomic mass is 9.84. The Labute approximate surface area is 181 Å². The number of hydrogen-bond acceptors (Lipinski definition) is 3. The number of nitrogens with one attached hydrogen (secondary N) is 1. The van der Waals surface area contributed by atoms with Gasteiger partial charge in [0, 0.05) is 41.3 Å². The minimum atomic E-state index is -0.125. The molecule has 1 N–H and O–H groups in total. The predicted molar refractivity (Wildman–Crippen MR) is 120 cm³/mol. The van der Waals surface area contributed by atoms with Crippen LogP contribution in [-0.2, 0) is 4.79 Å². The van der Waals surface area contributed by atoms with Crippen molar-refractivity contribution in [3.8, 4) is 0 Å². The molecule has 3 aromatic rings. The molecule has 0 radical (unpaired) electrons. The van der Waals surface area contributed by atoms with Gasteiger partial charge in [-0.3, -0.25) is 14.6 Å². The molecule has 0 spiro atoms. The number of benzene rings is 2. The summed E-state index contributed by atoms with van der Waals surface area (Å²) in [6.45, 7) is 3.27. The number of piperidine rings is 1. The first-order valence-electron chi connectivity index (χ1n) is 10.2. The van der Waals surface area contributed by atoms with E-state index < -0.39 is 0 Å². The number of fused-ring (bicyclic) bond motifs is 1. The number of hydrogen-bond donors (Lipinski definition) is 1. The van der Waals surface area contributed by atoms with Gasteiger partial charge in [-0.05, 0) is 55.2 Å². The molecule has 1 atom stereocenters. The van der Waals surface area contributed by atoms with E-state index in [4.69, 9.17) is 11.6 Å². The van der Waals surface area contributed by atoms with Crippen molar-refractivity contribution in [3.05, 3.63) is 71.4 Å². The molecule has 154 valence electrons. The highest BCUT2D eigenvalue weighted by atomic mass is 35.5. The van der Waals surface area contributed by atoms with Gasteiger partial charge in [-0.15, -0.1) is 0 Å². The highest BCUT2D eigenvalue weighted by Gasteiger charge is 2.30. The van der Waals surface area contributed by atoms with E-state index in [9.17, 15) is 9.59 Å². The van der Waals surface area contributed by atoms with Crippen molar-refractivity contribution >= 4 is 40.0 Å². The number of pyridine rings is 1. The molecule has 5 nitrogen and oxygen atoms in total. The van der Waals surface area contributed by atoms with Crippen LogP contribution in [0, 0.1) is 11.8 Å². The number of anilines is 1. The topological polar surface area (TPSA) is 62.3 Å². The van der Waals surface area contributed by atoms with Crippen molar-refractivity contribution in [1.82, 2.24) is 9.88 Å². The van der Waals surface area contributed by atoms with Crippen LogP contribution in [0.2, 0.25) is 5.02 Å². The Morgan fingerprint density at radius 3 is 2.50 bits per heavy atom. The Morgan fingerprint density at radius 2 is 1.77 bits per heavy atom. The molecule has 30 heavy (non-hydrogen) atoms. The first-order chi connectivity index (χ1) is 14.5. The van der Waals surface area contributed by atoms with Crippen molar-refractivity contribution in [3.63, 3.8) is 0 Å². The van der Waals surface area contributed by atoms with Crippen molar-refractivity contribution < 1.29 is 9.59 Å². The van der Waals surface area contributed by atoms with Crippen LogP contribution in [0.3, 0.4) is 0 Å². The molecule has 4 rings (SSSR count). The maximum Gasteiger partial charge on any atom is 0.254 e. The molecule has 2 aromatic carbocycles. The van der Waals surface area contributed by atoms with Crippen molar-refractivity contribution in [2.24, 2.45) is 11.8 Å². The van der Waals surface area contributed by atoms with Crippen LogP contribution in [0.4, 0.5) is 5.69 Å². The zero-order chi connectivity index (χ0) is 21.1. The number of carbonyl (C=O) groups is 2. The molecule has 0 saturated carbocycles. The van der Waals surface area contributed by atoms with Crippen LogP contribution in [0.5, 0.6) is 0 Å². The molecule has 0 bridgehead atoms. The van der Waals surface area contributed by atoms with Gasteiger partial charge in [-0.25, -0.2) is 0 Å². The molecule has 2 heterocycles. The highest BCUT2D eigenvalue weighted by molar-refractivity contribution is 6.30. The van der Waals surface area contributed by atoms with E-state index in [0.717, 1.165) is 29.4 Å². The second kappa shape index (κ2) is 8.84. The fraction of sp³-hybridized carbons (Fsp3) is 0.292. The van der Waals surface area contributed by atoms with E-state index in [1.807, 2.05) is 36.1 Å². The molecule has 1 aromatic heterocycles. The number of nitrogens with zero attached hydrogens (tertiary/aromatic N) is 2. The Balaban J connectivity index is 1.37. The molecule has 2 amide bonds. The first-order valence-corrected chi connectivity index (χ1v) is 10.6. The highest BCUT2D eigenvalue weighted by Crippen LogP contribution is 2.28. The Hall–Kier alpha value is -2.92. The van der Waals surface area contributed by atoms with Gasteiger partial charge in [0.25, 0.3) is 5.91 Å². The number of carbonyl (C=O) groups excluding carboxylic acids is 2. The summed E-state index contributed by atoms with van der Waals surface area (Å²) in [5.74, 6) is 0.155. The minimum Gasteiger partial charge on any atom is -0.339 e. The van der Waals surface area contributed by atoms with Gasteiger partial charge < -0.3 is 10.2 Å². The van der Waals surface area contributed by atoms with Crippen LogP contribution < -0.4 is 5.32 Å². The van der Waals surface area contributed by atoms with Crippen LogP contribution in [-0.4, -0.2) is 34.8 Å². The zero-order valence-corrected chi connectivity index (χ0v) is 17.6. The lowest BCUT2D eigenvalue weighted by Gasteiger charge is -2.34. The van der Waals surface area contributed by atoms with Gasteiger partial charge >= 0.3 is 0 Å². The normalized spacial score (nSPS) is 15.7. The molecular weight excluding hydrogens is 398 g/mol. The summed E-state index contributed by atoms with van der Waals surface area (Å²) in [7, 11) is 0. The molecular formula is C24H24ClN3O2. The smallest absolute Gasteiger partial charge is 0.254 e. The Morgan fingerprint density at radius 1 is 1.07 bits per heavy atom. The standard InChI is InChI=1S/C24H24ClN3O2/c1-16(23(29)27-19-8-6-18(25)7-9-19)17-11-14-28(15-12-17)24(30)21-10-13-26-22-5-3-2-4-20(21)22/h2-10,13,16-17H,11-12,14-15H2,1H3,(H,27,29)/t16-/m0/s1. The monoisotopic (exact) mass is 421 g/mol. The molecule has 0 unspecified atom stereocenters. The second-order valence-corrected chi connectivity index (χ2v) is 8.23. The van der Waals surface area contributed by atoms with Gasteiger partial charge in [0.2, 0.25) is 5.91 Å². The summed E-state index contributed by atoms with van der Waals surface area (Å²) in [5.41, 5.74) is 2.26. The zero-order valence-electron chi connectivity index (χ0n) is 16.8. The van der Waals surface area contributed by atoms with E-state index in [1.165, 1.54) is 0 Å². The summed E-state index contributed by atoms with van der Waals surface area (Å²) in [4.78, 5) is 32.0. The fourth-order valence-corrected chi connectivity index (χ4v) is 4.18. The molecule has 1 aliphatic heterocycles. The number of halogens is 1. The molecule has 1 saturated heterocycles. The summed E-state index contributed by atoms with van der Waals surface area (Å²) >= 11 is 5.90. The van der Waals surface area contributed by atoms with Gasteiger partial charge in [-0.2, -0.15) is 0 Å². The SMILES string of the molecule is C[C@H](C(=O)Nc1ccc(Cl)cc1)C1CCN(C(=O)c2ccnc3ccccc23)CC1. The second-order valence-electron chi connectivity index (χ2n) is 7.79. The summed E-state index contributed by atoms with van der Waals surface area (Å²) < 4.78 is 0. The number of rotatable bonds is 4. The third kappa shape index (κ3) is 4.31. The van der Waals surface area contributed by atoms with E-state index in [0.29, 0.717) is 23.7 Å². The number of para-hydroxylation sites is 1. The maximum absolute atomic E-state index is 13.1. The number of likely N-dealkylation sites (tertiary alicyclic amines) is 1. The van der Waals surface area contributed by atoms with Crippen LogP contribution in [0.15, 0.2) is 60.8 Å². The van der Waals surface area contributed by atoms with E-state index in [1.54, 1.807) is 36.5 Å². The number of aromatic nitrogens is 1. The first kappa shape index (κ1) is 20.4. The van der Waals surface area contributed by atoms with Gasteiger partial charge in [0.05, 0.1) is 11.1 Å². The summed E-state index contributed by atoms with van der Waals surface area (Å²) in [6, 6.07) is 16.6. The average Bonchev–Trinajstić information content (AvgIpc) is 2.79. The van der Waals surface area contributed by atoms with Crippen LogP contribution in [0.25, 0.3) is 10.9 Å².